The summed E-state index contributed by atoms with van der Waals surface area (Å²) in [4.78, 5) is 18.5. The van der Waals surface area contributed by atoms with Crippen molar-refractivity contribution >= 4 is 18.0 Å². The Morgan fingerprint density at radius 2 is 2.43 bits per heavy atom. The molecule has 0 aliphatic carbocycles. The summed E-state index contributed by atoms with van der Waals surface area (Å²) < 4.78 is 0. The molecule has 0 saturated carbocycles. The Hall–Kier alpha value is -1.71. The summed E-state index contributed by atoms with van der Waals surface area (Å²) in [6.45, 7) is 2.06. The number of nitrogens with zero attached hydrogens (tertiary/aromatic N) is 2. The summed E-state index contributed by atoms with van der Waals surface area (Å²) in [6, 6.07) is 3.09. The summed E-state index contributed by atoms with van der Waals surface area (Å²) in [6.07, 6.45) is 5.03. The van der Waals surface area contributed by atoms with Crippen molar-refractivity contribution in [1.82, 2.24) is 4.98 Å². The van der Waals surface area contributed by atoms with E-state index in [0.717, 1.165) is 12.8 Å². The van der Waals surface area contributed by atoms with Gasteiger partial charge in [0.25, 0.3) is 0 Å². The van der Waals surface area contributed by atoms with E-state index in [1.165, 1.54) is 12.3 Å². The summed E-state index contributed by atoms with van der Waals surface area (Å²) in [5.41, 5.74) is 0.180. The van der Waals surface area contributed by atoms with E-state index in [1.807, 2.05) is 0 Å². The van der Waals surface area contributed by atoms with Crippen molar-refractivity contribution in [2.24, 2.45) is 4.99 Å². The van der Waals surface area contributed by atoms with Crippen LogP contribution >= 0.6 is 0 Å². The number of unbranched alkanes of at least 4 members (excludes halogenated alkanes) is 1. The molecule has 0 amide bonds. The van der Waals surface area contributed by atoms with Crippen molar-refractivity contribution in [2.45, 2.75) is 19.8 Å². The molecule has 4 nitrogen and oxygen atoms in total. The first kappa shape index (κ1) is 10.4. The number of rotatable bonds is 4. The first-order valence-electron chi connectivity index (χ1n) is 4.46. The lowest BCUT2D eigenvalue weighted by molar-refractivity contribution is 0.0696. The molecular formula is C10H12N2O2. The second-order valence-electron chi connectivity index (χ2n) is 2.81. The van der Waals surface area contributed by atoms with Gasteiger partial charge in [-0.15, -0.1) is 0 Å². The number of hydrogen-bond donors (Lipinski definition) is 1. The summed E-state index contributed by atoms with van der Waals surface area (Å²) in [5, 5.41) is 8.61. The molecule has 0 unspecified atom stereocenters. The summed E-state index contributed by atoms with van der Waals surface area (Å²) >= 11 is 0. The molecule has 0 saturated heterocycles. The van der Waals surface area contributed by atoms with Gasteiger partial charge in [0, 0.05) is 12.4 Å². The first-order chi connectivity index (χ1) is 6.74. The van der Waals surface area contributed by atoms with E-state index in [-0.39, 0.29) is 5.56 Å². The van der Waals surface area contributed by atoms with Gasteiger partial charge >= 0.3 is 5.97 Å². The van der Waals surface area contributed by atoms with Crippen LogP contribution in [0, 0.1) is 0 Å². The second-order valence-corrected chi connectivity index (χ2v) is 2.81. The van der Waals surface area contributed by atoms with Crippen LogP contribution in [0.1, 0.15) is 30.1 Å². The van der Waals surface area contributed by atoms with Gasteiger partial charge in [0.2, 0.25) is 0 Å². The highest BCUT2D eigenvalue weighted by molar-refractivity contribution is 5.87. The van der Waals surface area contributed by atoms with Crippen molar-refractivity contribution < 1.29 is 9.90 Å². The molecule has 0 aliphatic rings. The third-order valence-electron chi connectivity index (χ3n) is 1.64. The lowest BCUT2D eigenvalue weighted by Crippen LogP contribution is -1.95. The lowest BCUT2D eigenvalue weighted by Gasteiger charge is -1.94. The molecule has 0 radical (unpaired) electrons. The summed E-state index contributed by atoms with van der Waals surface area (Å²) in [7, 11) is 0. The monoisotopic (exact) mass is 192 g/mol. The number of aromatic carboxylic acids is 1. The lowest BCUT2D eigenvalue weighted by atomic mass is 10.3. The van der Waals surface area contributed by atoms with Crippen LogP contribution in [0.5, 0.6) is 0 Å². The molecule has 1 aromatic heterocycles. The van der Waals surface area contributed by atoms with E-state index >= 15 is 0 Å². The maximum atomic E-state index is 10.5. The van der Waals surface area contributed by atoms with Gasteiger partial charge in [-0.3, -0.25) is 0 Å². The molecule has 0 fully saturated rings. The zero-order chi connectivity index (χ0) is 10.4. The molecule has 14 heavy (non-hydrogen) atoms. The van der Waals surface area contributed by atoms with Gasteiger partial charge in [-0.05, 0) is 18.6 Å². The Kier molecular flexibility index (Phi) is 3.79. The van der Waals surface area contributed by atoms with Gasteiger partial charge in [-0.1, -0.05) is 13.3 Å². The predicted molar refractivity (Wildman–Crippen MR) is 54.3 cm³/mol. The first-order valence-corrected chi connectivity index (χ1v) is 4.46. The van der Waals surface area contributed by atoms with Crippen molar-refractivity contribution in [1.29, 1.82) is 0 Å². The molecule has 74 valence electrons. The minimum atomic E-state index is -0.971. The van der Waals surface area contributed by atoms with Gasteiger partial charge in [0.15, 0.2) is 5.82 Å². The highest BCUT2D eigenvalue weighted by Gasteiger charge is 2.01. The third-order valence-corrected chi connectivity index (χ3v) is 1.64. The molecule has 1 N–H and O–H groups in total. The van der Waals surface area contributed by atoms with Crippen LogP contribution in [-0.4, -0.2) is 22.3 Å². The van der Waals surface area contributed by atoms with E-state index in [1.54, 1.807) is 12.3 Å². The third kappa shape index (κ3) is 2.97. The van der Waals surface area contributed by atoms with E-state index < -0.39 is 5.97 Å². The Morgan fingerprint density at radius 1 is 1.64 bits per heavy atom. The number of hydrogen-bond acceptors (Lipinski definition) is 3. The van der Waals surface area contributed by atoms with E-state index in [0.29, 0.717) is 5.82 Å². The van der Waals surface area contributed by atoms with Crippen LogP contribution in [0.3, 0.4) is 0 Å². The smallest absolute Gasteiger partial charge is 0.337 e. The fourth-order valence-electron chi connectivity index (χ4n) is 0.876. The van der Waals surface area contributed by atoms with Crippen molar-refractivity contribution in [3.63, 3.8) is 0 Å². The van der Waals surface area contributed by atoms with E-state index in [2.05, 4.69) is 16.9 Å². The van der Waals surface area contributed by atoms with Crippen molar-refractivity contribution in [3.05, 3.63) is 23.9 Å². The fourth-order valence-corrected chi connectivity index (χ4v) is 0.876. The standard InChI is InChI=1S/C10H12N2O2/c1-2-3-6-11-9-5-4-8(7-12-9)10(13)14/h4-7H,2-3H2,1H3,(H,13,14). The van der Waals surface area contributed by atoms with E-state index in [9.17, 15) is 4.79 Å². The van der Waals surface area contributed by atoms with Crippen LogP contribution < -0.4 is 0 Å². The van der Waals surface area contributed by atoms with Crippen LogP contribution in [0.4, 0.5) is 5.82 Å². The number of pyridine rings is 1. The van der Waals surface area contributed by atoms with Gasteiger partial charge in [-0.25, -0.2) is 14.8 Å². The average Bonchev–Trinajstić information content (AvgIpc) is 2.19. The van der Waals surface area contributed by atoms with E-state index in [4.69, 9.17) is 5.11 Å². The maximum Gasteiger partial charge on any atom is 0.337 e. The Bertz CT molecular complexity index is 330. The predicted octanol–water partition coefficient (Wildman–Crippen LogP) is 2.28. The zero-order valence-corrected chi connectivity index (χ0v) is 7.97. The number of carboxylic acids is 1. The van der Waals surface area contributed by atoms with Crippen molar-refractivity contribution in [2.75, 3.05) is 0 Å². The second kappa shape index (κ2) is 5.11. The molecule has 0 aliphatic heterocycles. The van der Waals surface area contributed by atoms with Crippen molar-refractivity contribution in [3.8, 4) is 0 Å². The molecule has 1 rings (SSSR count). The normalized spacial score (nSPS) is 10.6. The minimum Gasteiger partial charge on any atom is -0.478 e. The summed E-state index contributed by atoms with van der Waals surface area (Å²) in [5.74, 6) is -0.426. The number of aromatic nitrogens is 1. The SMILES string of the molecule is CCCC=Nc1ccc(C(=O)O)cn1. The highest BCUT2D eigenvalue weighted by Crippen LogP contribution is 2.08. The van der Waals surface area contributed by atoms with Gasteiger partial charge in [-0.2, -0.15) is 0 Å². The molecule has 0 atom stereocenters. The minimum absolute atomic E-state index is 0.180. The largest absolute Gasteiger partial charge is 0.478 e. The number of carboxylic acid groups (broad SMARTS) is 1. The van der Waals surface area contributed by atoms with Crippen LogP contribution in [0.25, 0.3) is 0 Å². The quantitative estimate of drug-likeness (QED) is 0.744. The molecule has 1 heterocycles. The fraction of sp³-hybridized carbons (Fsp3) is 0.300. The topological polar surface area (TPSA) is 62.5 Å². The molecular weight excluding hydrogens is 180 g/mol. The van der Waals surface area contributed by atoms with Crippen LogP contribution in [0.2, 0.25) is 0 Å². The molecule has 0 spiro atoms. The Morgan fingerprint density at radius 3 is 2.93 bits per heavy atom. The highest BCUT2D eigenvalue weighted by atomic mass is 16.4. The molecule has 0 aromatic carbocycles. The Labute approximate surface area is 82.3 Å². The van der Waals surface area contributed by atoms with Gasteiger partial charge in [0.1, 0.15) is 0 Å². The number of carbonyl (C=O) groups is 1. The maximum absolute atomic E-state index is 10.5. The molecule has 4 heteroatoms. The molecule has 1 aromatic rings. The average molecular weight is 192 g/mol. The van der Waals surface area contributed by atoms with Crippen LogP contribution in [-0.2, 0) is 0 Å². The van der Waals surface area contributed by atoms with Gasteiger partial charge in [0.05, 0.1) is 5.56 Å². The van der Waals surface area contributed by atoms with Crippen LogP contribution in [0.15, 0.2) is 23.3 Å². The number of aliphatic imine (C=N–C) groups is 1. The Balaban J connectivity index is 2.68. The molecule has 0 bridgehead atoms. The van der Waals surface area contributed by atoms with Gasteiger partial charge < -0.3 is 5.11 Å². The zero-order valence-electron chi connectivity index (χ0n) is 7.97.